The van der Waals surface area contributed by atoms with E-state index in [1.807, 2.05) is 14.1 Å². The number of aromatic carboxylic acids is 1. The maximum absolute atomic E-state index is 10.6. The summed E-state index contributed by atoms with van der Waals surface area (Å²) in [7, 11) is 3.96. The van der Waals surface area contributed by atoms with Gasteiger partial charge < -0.3 is 15.7 Å². The number of carbonyl (C=O) groups is 1. The molecule has 0 radical (unpaired) electrons. The van der Waals surface area contributed by atoms with Crippen LogP contribution in [-0.2, 0) is 6.54 Å². The largest absolute Gasteiger partial charge is 0.476 e. The van der Waals surface area contributed by atoms with Crippen LogP contribution in [0.5, 0.6) is 0 Å². The molecule has 84 valence electrons. The van der Waals surface area contributed by atoms with Gasteiger partial charge in [0.25, 0.3) is 0 Å². The summed E-state index contributed by atoms with van der Waals surface area (Å²) in [6, 6.07) is 1.37. The van der Waals surface area contributed by atoms with Crippen molar-refractivity contribution in [2.75, 3.05) is 26.4 Å². The first-order chi connectivity index (χ1) is 7.00. The number of aryl methyl sites for hydroxylation is 1. The van der Waals surface area contributed by atoms with Crippen LogP contribution in [-0.4, -0.2) is 46.4 Å². The minimum Gasteiger partial charge on any atom is -0.476 e. The van der Waals surface area contributed by atoms with Gasteiger partial charge in [0, 0.05) is 12.6 Å². The number of nitrogens with two attached hydrogens (primary N) is 1. The number of carboxylic acids is 1. The lowest BCUT2D eigenvalue weighted by Gasteiger charge is -2.09. The molecule has 0 amide bonds. The number of carboxylic acid groups (broad SMARTS) is 1. The predicted molar refractivity (Wildman–Crippen MR) is 56.8 cm³/mol. The van der Waals surface area contributed by atoms with Gasteiger partial charge in [0.2, 0.25) is 0 Å². The zero-order valence-corrected chi connectivity index (χ0v) is 8.97. The molecule has 1 heterocycles. The second-order valence-corrected chi connectivity index (χ2v) is 3.64. The molecule has 15 heavy (non-hydrogen) atoms. The van der Waals surface area contributed by atoms with Gasteiger partial charge in [0.1, 0.15) is 5.82 Å². The SMILES string of the molecule is CN(C)CCCn1nc(C(=O)O)cc1N. The molecule has 0 unspecified atom stereocenters. The average Bonchev–Trinajstić information content (AvgIpc) is 2.47. The monoisotopic (exact) mass is 212 g/mol. The van der Waals surface area contributed by atoms with E-state index in [2.05, 4.69) is 10.00 Å². The number of hydrogen-bond acceptors (Lipinski definition) is 4. The molecule has 0 fully saturated rings. The van der Waals surface area contributed by atoms with Gasteiger partial charge in [-0.25, -0.2) is 9.48 Å². The van der Waals surface area contributed by atoms with Gasteiger partial charge in [0.15, 0.2) is 5.69 Å². The van der Waals surface area contributed by atoms with Crippen LogP contribution in [0.1, 0.15) is 16.9 Å². The molecule has 6 nitrogen and oxygen atoms in total. The van der Waals surface area contributed by atoms with Crippen molar-refractivity contribution >= 4 is 11.8 Å². The first-order valence-corrected chi connectivity index (χ1v) is 4.72. The quantitative estimate of drug-likeness (QED) is 0.724. The summed E-state index contributed by atoms with van der Waals surface area (Å²) in [6.45, 7) is 1.55. The van der Waals surface area contributed by atoms with Gasteiger partial charge in [-0.05, 0) is 27.1 Å². The standard InChI is InChI=1S/C9H16N4O2/c1-12(2)4-3-5-13-8(10)6-7(11-13)9(14)15/h6H,3-5,10H2,1-2H3,(H,14,15). The van der Waals surface area contributed by atoms with Crippen LogP contribution in [0.3, 0.4) is 0 Å². The van der Waals surface area contributed by atoms with Gasteiger partial charge in [-0.2, -0.15) is 5.10 Å². The second-order valence-electron chi connectivity index (χ2n) is 3.64. The Morgan fingerprint density at radius 3 is 2.80 bits per heavy atom. The molecular formula is C9H16N4O2. The van der Waals surface area contributed by atoms with E-state index in [-0.39, 0.29) is 5.69 Å². The fourth-order valence-corrected chi connectivity index (χ4v) is 1.25. The fourth-order valence-electron chi connectivity index (χ4n) is 1.25. The third kappa shape index (κ3) is 3.25. The van der Waals surface area contributed by atoms with Crippen molar-refractivity contribution in [3.05, 3.63) is 11.8 Å². The number of anilines is 1. The predicted octanol–water partition coefficient (Wildman–Crippen LogP) is 0.115. The molecule has 0 saturated heterocycles. The molecule has 0 aliphatic heterocycles. The first-order valence-electron chi connectivity index (χ1n) is 4.72. The molecule has 6 heteroatoms. The normalized spacial score (nSPS) is 10.9. The highest BCUT2D eigenvalue weighted by atomic mass is 16.4. The van der Waals surface area contributed by atoms with Gasteiger partial charge in [-0.15, -0.1) is 0 Å². The van der Waals surface area contributed by atoms with Crippen molar-refractivity contribution in [2.45, 2.75) is 13.0 Å². The summed E-state index contributed by atoms with van der Waals surface area (Å²) in [5.41, 5.74) is 5.62. The van der Waals surface area contributed by atoms with Crippen molar-refractivity contribution in [3.8, 4) is 0 Å². The smallest absolute Gasteiger partial charge is 0.356 e. The van der Waals surface area contributed by atoms with E-state index >= 15 is 0 Å². The minimum atomic E-state index is -1.05. The molecule has 0 saturated carbocycles. The first kappa shape index (κ1) is 11.5. The third-order valence-electron chi connectivity index (χ3n) is 2.01. The Morgan fingerprint density at radius 2 is 2.33 bits per heavy atom. The summed E-state index contributed by atoms with van der Waals surface area (Å²) >= 11 is 0. The summed E-state index contributed by atoms with van der Waals surface area (Å²) in [4.78, 5) is 12.7. The molecule has 0 bridgehead atoms. The number of nitrogen functional groups attached to an aromatic ring is 1. The van der Waals surface area contributed by atoms with Crippen molar-refractivity contribution in [2.24, 2.45) is 0 Å². The number of hydrogen-bond donors (Lipinski definition) is 2. The fraction of sp³-hybridized carbons (Fsp3) is 0.556. The van der Waals surface area contributed by atoms with Crippen LogP contribution < -0.4 is 5.73 Å². The van der Waals surface area contributed by atoms with Crippen LogP contribution in [0.15, 0.2) is 6.07 Å². The van der Waals surface area contributed by atoms with Gasteiger partial charge in [0.05, 0.1) is 0 Å². The molecule has 1 rings (SSSR count). The lowest BCUT2D eigenvalue weighted by Crippen LogP contribution is -2.16. The van der Waals surface area contributed by atoms with Crippen molar-refractivity contribution in [1.29, 1.82) is 0 Å². The molecule has 0 aliphatic carbocycles. The van der Waals surface area contributed by atoms with Crippen molar-refractivity contribution in [3.63, 3.8) is 0 Å². The van der Waals surface area contributed by atoms with E-state index in [9.17, 15) is 4.79 Å². The molecule has 3 N–H and O–H groups in total. The lowest BCUT2D eigenvalue weighted by molar-refractivity contribution is 0.0689. The van der Waals surface area contributed by atoms with Crippen molar-refractivity contribution in [1.82, 2.24) is 14.7 Å². The average molecular weight is 212 g/mol. The highest BCUT2D eigenvalue weighted by molar-refractivity contribution is 5.86. The van der Waals surface area contributed by atoms with E-state index in [0.717, 1.165) is 13.0 Å². The highest BCUT2D eigenvalue weighted by Crippen LogP contribution is 2.07. The van der Waals surface area contributed by atoms with Gasteiger partial charge >= 0.3 is 5.97 Å². The van der Waals surface area contributed by atoms with E-state index in [4.69, 9.17) is 10.8 Å². The van der Waals surface area contributed by atoms with Crippen LogP contribution in [0.4, 0.5) is 5.82 Å². The molecule has 0 aromatic carbocycles. The zero-order chi connectivity index (χ0) is 11.4. The second kappa shape index (κ2) is 4.79. The number of nitrogens with zero attached hydrogens (tertiary/aromatic N) is 3. The number of rotatable bonds is 5. The van der Waals surface area contributed by atoms with Crippen LogP contribution in [0.2, 0.25) is 0 Å². The molecule has 0 spiro atoms. The van der Waals surface area contributed by atoms with Crippen LogP contribution in [0, 0.1) is 0 Å². The summed E-state index contributed by atoms with van der Waals surface area (Å²) in [5.74, 6) is -0.654. The maximum Gasteiger partial charge on any atom is 0.356 e. The summed E-state index contributed by atoms with van der Waals surface area (Å²) in [6.07, 6.45) is 0.887. The summed E-state index contributed by atoms with van der Waals surface area (Å²) in [5, 5.41) is 12.6. The van der Waals surface area contributed by atoms with Crippen LogP contribution in [0.25, 0.3) is 0 Å². The van der Waals surface area contributed by atoms with E-state index in [0.29, 0.717) is 12.4 Å². The Hall–Kier alpha value is -1.56. The molecule has 1 aromatic rings. The summed E-state index contributed by atoms with van der Waals surface area (Å²) < 4.78 is 1.52. The zero-order valence-electron chi connectivity index (χ0n) is 8.97. The number of aromatic nitrogens is 2. The topological polar surface area (TPSA) is 84.4 Å². The van der Waals surface area contributed by atoms with Gasteiger partial charge in [-0.1, -0.05) is 0 Å². The van der Waals surface area contributed by atoms with E-state index in [1.165, 1.54) is 10.7 Å². The highest BCUT2D eigenvalue weighted by Gasteiger charge is 2.10. The maximum atomic E-state index is 10.6. The Bertz CT molecular complexity index is 346. The Kier molecular flexibility index (Phi) is 3.68. The molecular weight excluding hydrogens is 196 g/mol. The van der Waals surface area contributed by atoms with E-state index < -0.39 is 5.97 Å². The van der Waals surface area contributed by atoms with Crippen LogP contribution >= 0.6 is 0 Å². The Morgan fingerprint density at radius 1 is 1.67 bits per heavy atom. The molecule has 1 aromatic heterocycles. The Balaban J connectivity index is 2.57. The Labute approximate surface area is 88.3 Å². The van der Waals surface area contributed by atoms with E-state index in [1.54, 1.807) is 0 Å². The molecule has 0 atom stereocenters. The lowest BCUT2D eigenvalue weighted by atomic mass is 10.4. The van der Waals surface area contributed by atoms with Crippen molar-refractivity contribution < 1.29 is 9.90 Å². The molecule has 0 aliphatic rings. The third-order valence-corrected chi connectivity index (χ3v) is 2.01. The minimum absolute atomic E-state index is 0.00245. The van der Waals surface area contributed by atoms with Gasteiger partial charge in [-0.3, -0.25) is 0 Å².